The molecule has 3 nitrogen and oxygen atoms in total. The molecule has 2 fully saturated rings. The number of aromatic nitrogens is 2. The van der Waals surface area contributed by atoms with Gasteiger partial charge in [-0.1, -0.05) is 13.8 Å². The fourth-order valence-corrected chi connectivity index (χ4v) is 4.76. The molecule has 1 aromatic heterocycles. The summed E-state index contributed by atoms with van der Waals surface area (Å²) < 4.78 is 25.5. The second kappa shape index (κ2) is 6.80. The summed E-state index contributed by atoms with van der Waals surface area (Å²) in [4.78, 5) is 10.5. The van der Waals surface area contributed by atoms with Gasteiger partial charge in [0.1, 0.15) is 12.0 Å². The molecule has 1 aromatic rings. The van der Waals surface area contributed by atoms with E-state index in [9.17, 15) is 8.78 Å². The van der Waals surface area contributed by atoms with Crippen LogP contribution in [0.15, 0.2) is 12.4 Å². The van der Waals surface area contributed by atoms with E-state index in [1.54, 1.807) is 0 Å². The normalized spacial score (nSPS) is 28.0. The van der Waals surface area contributed by atoms with Crippen molar-refractivity contribution in [3.8, 4) is 0 Å². The van der Waals surface area contributed by atoms with Crippen molar-refractivity contribution in [3.63, 3.8) is 0 Å². The molecule has 0 aromatic carbocycles. The van der Waals surface area contributed by atoms with Gasteiger partial charge in [0, 0.05) is 17.3 Å². The second-order valence-electron chi connectivity index (χ2n) is 7.59. The van der Waals surface area contributed by atoms with Crippen LogP contribution in [0.1, 0.15) is 70.2 Å². The highest BCUT2D eigenvalue weighted by atomic mass is 19.3. The van der Waals surface area contributed by atoms with Crippen LogP contribution < -0.4 is 0 Å². The van der Waals surface area contributed by atoms with Gasteiger partial charge >= 0.3 is 0 Å². The Morgan fingerprint density at radius 3 is 2.87 bits per heavy atom. The lowest BCUT2D eigenvalue weighted by Crippen LogP contribution is -2.43. The van der Waals surface area contributed by atoms with Crippen molar-refractivity contribution >= 4 is 0 Å². The highest BCUT2D eigenvalue weighted by Crippen LogP contribution is 2.47. The Balaban J connectivity index is 1.62. The van der Waals surface area contributed by atoms with Crippen molar-refractivity contribution in [1.82, 2.24) is 14.9 Å². The van der Waals surface area contributed by atoms with Gasteiger partial charge in [-0.2, -0.15) is 0 Å². The highest BCUT2D eigenvalue weighted by molar-refractivity contribution is 5.11. The summed E-state index contributed by atoms with van der Waals surface area (Å²) in [6.07, 6.45) is 6.97. The molecule has 2 atom stereocenters. The summed E-state index contributed by atoms with van der Waals surface area (Å²) >= 11 is 0. The number of hydrogen-bond donors (Lipinski definition) is 0. The first kappa shape index (κ1) is 16.7. The predicted molar refractivity (Wildman–Crippen MR) is 86.5 cm³/mol. The Hall–Kier alpha value is -1.10. The van der Waals surface area contributed by atoms with Crippen LogP contribution in [-0.4, -0.2) is 33.0 Å². The van der Waals surface area contributed by atoms with Crippen molar-refractivity contribution in [2.45, 2.75) is 76.8 Å². The summed E-state index contributed by atoms with van der Waals surface area (Å²) in [5.41, 5.74) is 1.01. The van der Waals surface area contributed by atoms with Gasteiger partial charge in [-0.15, -0.1) is 0 Å². The minimum atomic E-state index is -2.51. The van der Waals surface area contributed by atoms with Crippen molar-refractivity contribution in [2.75, 3.05) is 6.54 Å². The lowest BCUT2D eigenvalue weighted by atomic mass is 9.85. The molecule has 23 heavy (non-hydrogen) atoms. The smallest absolute Gasteiger partial charge is 0.280 e. The van der Waals surface area contributed by atoms with Crippen LogP contribution in [0.25, 0.3) is 0 Å². The third-order valence-corrected chi connectivity index (χ3v) is 5.52. The summed E-state index contributed by atoms with van der Waals surface area (Å²) in [6.45, 7) is 5.82. The Kier molecular flexibility index (Phi) is 4.95. The van der Waals surface area contributed by atoms with Gasteiger partial charge in [0.25, 0.3) is 6.43 Å². The standard InChI is InChI=1S/C18H27F2N3/c1-13(2)11-18-7-3-9-23(18)15(6-8-18)5-4-14-10-16(17(19)20)22-12-21-14/h10,12-13,15,17H,3-9,11H2,1-2H3. The van der Waals surface area contributed by atoms with Gasteiger partial charge in [-0.25, -0.2) is 18.7 Å². The molecule has 3 heterocycles. The van der Waals surface area contributed by atoms with E-state index in [1.165, 1.54) is 51.0 Å². The van der Waals surface area contributed by atoms with E-state index >= 15 is 0 Å². The molecule has 0 amide bonds. The van der Waals surface area contributed by atoms with E-state index in [2.05, 4.69) is 28.7 Å². The summed E-state index contributed by atoms with van der Waals surface area (Å²) in [5, 5.41) is 0. The van der Waals surface area contributed by atoms with Gasteiger partial charge < -0.3 is 0 Å². The average molecular weight is 323 g/mol. The molecule has 0 N–H and O–H groups in total. The molecule has 0 aliphatic carbocycles. The highest BCUT2D eigenvalue weighted by Gasteiger charge is 2.48. The van der Waals surface area contributed by atoms with Crippen molar-refractivity contribution in [2.24, 2.45) is 5.92 Å². The zero-order valence-corrected chi connectivity index (χ0v) is 14.1. The number of alkyl halides is 2. The fraction of sp³-hybridized carbons (Fsp3) is 0.778. The zero-order valence-electron chi connectivity index (χ0n) is 14.1. The summed E-state index contributed by atoms with van der Waals surface area (Å²) in [6, 6.07) is 2.05. The second-order valence-corrected chi connectivity index (χ2v) is 7.59. The molecule has 128 valence electrons. The number of aryl methyl sites for hydroxylation is 1. The van der Waals surface area contributed by atoms with Crippen LogP contribution in [0, 0.1) is 5.92 Å². The fourth-order valence-electron chi connectivity index (χ4n) is 4.76. The molecule has 0 saturated carbocycles. The Bertz CT molecular complexity index is 535. The Morgan fingerprint density at radius 1 is 1.30 bits per heavy atom. The minimum Gasteiger partial charge on any atom is -0.295 e. The lowest BCUT2D eigenvalue weighted by Gasteiger charge is -2.36. The lowest BCUT2D eigenvalue weighted by molar-refractivity contribution is 0.122. The third kappa shape index (κ3) is 3.54. The third-order valence-electron chi connectivity index (χ3n) is 5.52. The maximum atomic E-state index is 12.7. The van der Waals surface area contributed by atoms with Crippen LogP contribution in [0.3, 0.4) is 0 Å². The molecule has 2 aliphatic rings. The summed E-state index contributed by atoms with van der Waals surface area (Å²) in [5.74, 6) is 0.727. The van der Waals surface area contributed by atoms with Crippen LogP contribution in [0.5, 0.6) is 0 Å². The number of rotatable bonds is 6. The van der Waals surface area contributed by atoms with E-state index in [0.29, 0.717) is 11.6 Å². The minimum absolute atomic E-state index is 0.156. The zero-order chi connectivity index (χ0) is 16.4. The van der Waals surface area contributed by atoms with E-state index in [1.807, 2.05) is 0 Å². The van der Waals surface area contributed by atoms with E-state index in [-0.39, 0.29) is 5.69 Å². The molecule has 0 radical (unpaired) electrons. The molecular weight excluding hydrogens is 296 g/mol. The SMILES string of the molecule is CC(C)CC12CCCN1C(CCc1cc(C(F)F)ncn1)CC2. The molecule has 2 saturated heterocycles. The number of hydrogen-bond acceptors (Lipinski definition) is 3. The van der Waals surface area contributed by atoms with Crippen LogP contribution >= 0.6 is 0 Å². The van der Waals surface area contributed by atoms with Gasteiger partial charge in [0.15, 0.2) is 0 Å². The molecular formula is C18H27F2N3. The average Bonchev–Trinajstić information content (AvgIpc) is 3.03. The maximum absolute atomic E-state index is 12.7. The first-order valence-electron chi connectivity index (χ1n) is 8.86. The molecule has 0 spiro atoms. The topological polar surface area (TPSA) is 29.0 Å². The molecule has 0 bridgehead atoms. The molecule has 3 rings (SSSR count). The molecule has 2 aliphatic heterocycles. The Labute approximate surface area is 137 Å². The van der Waals surface area contributed by atoms with Crippen LogP contribution in [-0.2, 0) is 6.42 Å². The van der Waals surface area contributed by atoms with Crippen LogP contribution in [0.4, 0.5) is 8.78 Å². The Morgan fingerprint density at radius 2 is 2.13 bits per heavy atom. The molecule has 5 heteroatoms. The maximum Gasteiger partial charge on any atom is 0.280 e. The van der Waals surface area contributed by atoms with E-state index in [0.717, 1.165) is 24.5 Å². The first-order chi connectivity index (χ1) is 11.0. The van der Waals surface area contributed by atoms with Crippen molar-refractivity contribution in [1.29, 1.82) is 0 Å². The largest absolute Gasteiger partial charge is 0.295 e. The number of nitrogens with zero attached hydrogens (tertiary/aromatic N) is 3. The summed E-state index contributed by atoms with van der Waals surface area (Å²) in [7, 11) is 0. The van der Waals surface area contributed by atoms with Gasteiger partial charge in [0.05, 0.1) is 0 Å². The monoisotopic (exact) mass is 323 g/mol. The van der Waals surface area contributed by atoms with Gasteiger partial charge in [-0.3, -0.25) is 4.90 Å². The van der Waals surface area contributed by atoms with E-state index < -0.39 is 6.43 Å². The number of halogens is 2. The first-order valence-corrected chi connectivity index (χ1v) is 8.86. The van der Waals surface area contributed by atoms with Gasteiger partial charge in [0.2, 0.25) is 0 Å². The van der Waals surface area contributed by atoms with Gasteiger partial charge in [-0.05, 0) is 63.5 Å². The quantitative estimate of drug-likeness (QED) is 0.777. The number of fused-ring (bicyclic) bond motifs is 1. The van der Waals surface area contributed by atoms with Crippen molar-refractivity contribution in [3.05, 3.63) is 23.8 Å². The molecule has 2 unspecified atom stereocenters. The van der Waals surface area contributed by atoms with E-state index in [4.69, 9.17) is 0 Å². The van der Waals surface area contributed by atoms with Crippen LogP contribution in [0.2, 0.25) is 0 Å². The predicted octanol–water partition coefficient (Wildman–Crippen LogP) is 4.39. The van der Waals surface area contributed by atoms with Crippen molar-refractivity contribution < 1.29 is 8.78 Å².